The van der Waals surface area contributed by atoms with E-state index in [-0.39, 0.29) is 18.0 Å². The highest BCUT2D eigenvalue weighted by molar-refractivity contribution is 7.90. The van der Waals surface area contributed by atoms with Crippen LogP contribution in [0, 0.1) is 0 Å². The summed E-state index contributed by atoms with van der Waals surface area (Å²) in [5.41, 5.74) is 6.90. The second kappa shape index (κ2) is 8.68. The minimum atomic E-state index is -3.68. The predicted octanol–water partition coefficient (Wildman–Crippen LogP) is 0.783. The smallest absolute Gasteiger partial charge is 0.241 e. The van der Waals surface area contributed by atoms with Gasteiger partial charge in [-0.3, -0.25) is 15.6 Å². The third-order valence-electron chi connectivity index (χ3n) is 5.44. The van der Waals surface area contributed by atoms with Crippen molar-refractivity contribution in [2.75, 3.05) is 13.1 Å². The van der Waals surface area contributed by atoms with Gasteiger partial charge in [0.1, 0.15) is 11.3 Å². The molecule has 2 heterocycles. The lowest BCUT2D eigenvalue weighted by atomic mass is 10.0. The fourth-order valence-corrected chi connectivity index (χ4v) is 5.99. The van der Waals surface area contributed by atoms with E-state index in [1.165, 1.54) is 0 Å². The first-order chi connectivity index (χ1) is 12.9. The number of hydrogen-bond donors (Lipinski definition) is 3. The normalized spacial score (nSPS) is 27.5. The standard InChI is InChI=1S/C19H30N4O3S/c1-14-18(15(2)21-20-14)27(25,26)22-17(13-16-9-5-3-6-10-16)19(24)23-11-7-4-8-12-23/h3,5-6,9-10,14-15,17-18,20-22H,4,7-8,11-13H2,1-2H3/t14?,15?,17-,18?/m0/s1. The van der Waals surface area contributed by atoms with E-state index in [1.54, 1.807) is 4.90 Å². The molecule has 1 aromatic carbocycles. The molecule has 2 unspecified atom stereocenters. The van der Waals surface area contributed by atoms with Crippen LogP contribution in [0.1, 0.15) is 38.7 Å². The average Bonchev–Trinajstić information content (AvgIpc) is 3.01. The number of sulfonamides is 1. The van der Waals surface area contributed by atoms with Gasteiger partial charge in [0.2, 0.25) is 15.9 Å². The van der Waals surface area contributed by atoms with Crippen molar-refractivity contribution in [2.45, 2.75) is 62.9 Å². The van der Waals surface area contributed by atoms with E-state index >= 15 is 0 Å². The molecule has 0 aromatic heterocycles. The fraction of sp³-hybridized carbons (Fsp3) is 0.632. The van der Waals surface area contributed by atoms with Gasteiger partial charge in [-0.2, -0.15) is 0 Å². The summed E-state index contributed by atoms with van der Waals surface area (Å²) in [5, 5.41) is -0.634. The van der Waals surface area contributed by atoms with Crippen LogP contribution in [0.5, 0.6) is 0 Å². The van der Waals surface area contributed by atoms with Crippen molar-refractivity contribution in [1.82, 2.24) is 20.5 Å². The maximum Gasteiger partial charge on any atom is 0.241 e. The van der Waals surface area contributed by atoms with E-state index in [0.717, 1.165) is 24.8 Å². The number of amides is 1. The minimum Gasteiger partial charge on any atom is -0.341 e. The summed E-state index contributed by atoms with van der Waals surface area (Å²) in [6.45, 7) is 5.06. The molecule has 27 heavy (non-hydrogen) atoms. The highest BCUT2D eigenvalue weighted by atomic mass is 32.2. The van der Waals surface area contributed by atoms with Gasteiger partial charge in [-0.1, -0.05) is 30.3 Å². The summed E-state index contributed by atoms with van der Waals surface area (Å²) in [6.07, 6.45) is 3.42. The zero-order chi connectivity index (χ0) is 19.4. The third-order valence-corrected chi connectivity index (χ3v) is 7.58. The molecule has 0 aliphatic carbocycles. The summed E-state index contributed by atoms with van der Waals surface area (Å²) in [5.74, 6) is -0.124. The Bertz CT molecular complexity index is 725. The molecule has 2 fully saturated rings. The molecule has 0 radical (unpaired) electrons. The molecule has 2 aliphatic heterocycles. The van der Waals surface area contributed by atoms with Crippen LogP contribution in [0.3, 0.4) is 0 Å². The topological polar surface area (TPSA) is 90.5 Å². The van der Waals surface area contributed by atoms with Crippen molar-refractivity contribution in [2.24, 2.45) is 0 Å². The van der Waals surface area contributed by atoms with Crippen LogP contribution in [-0.4, -0.2) is 55.7 Å². The molecule has 0 spiro atoms. The Balaban J connectivity index is 1.81. The first-order valence-electron chi connectivity index (χ1n) is 9.73. The van der Waals surface area contributed by atoms with Gasteiger partial charge >= 0.3 is 0 Å². The number of piperidine rings is 1. The lowest BCUT2D eigenvalue weighted by Crippen LogP contribution is -2.55. The van der Waals surface area contributed by atoms with Crippen molar-refractivity contribution >= 4 is 15.9 Å². The van der Waals surface area contributed by atoms with Crippen molar-refractivity contribution in [3.8, 4) is 0 Å². The molecule has 1 aromatic rings. The Kier molecular flexibility index (Phi) is 6.52. The molecule has 2 aliphatic rings. The summed E-state index contributed by atoms with van der Waals surface area (Å²) < 4.78 is 28.9. The summed E-state index contributed by atoms with van der Waals surface area (Å²) >= 11 is 0. The summed E-state index contributed by atoms with van der Waals surface area (Å²) in [7, 11) is -3.68. The quantitative estimate of drug-likeness (QED) is 0.663. The second-order valence-electron chi connectivity index (χ2n) is 7.62. The minimum absolute atomic E-state index is 0.124. The molecule has 3 N–H and O–H groups in total. The summed E-state index contributed by atoms with van der Waals surface area (Å²) in [6, 6.07) is 8.32. The number of nitrogens with one attached hydrogen (secondary N) is 3. The van der Waals surface area contributed by atoms with Gasteiger partial charge in [0.05, 0.1) is 0 Å². The van der Waals surface area contributed by atoms with Crippen LogP contribution in [0.25, 0.3) is 0 Å². The molecule has 150 valence electrons. The monoisotopic (exact) mass is 394 g/mol. The van der Waals surface area contributed by atoms with Crippen LogP contribution >= 0.6 is 0 Å². The van der Waals surface area contributed by atoms with E-state index < -0.39 is 21.3 Å². The van der Waals surface area contributed by atoms with Crippen LogP contribution in [0.2, 0.25) is 0 Å². The fourth-order valence-electron chi connectivity index (χ4n) is 4.04. The molecule has 1 amide bonds. The van der Waals surface area contributed by atoms with Gasteiger partial charge in [0.15, 0.2) is 0 Å². The maximum absolute atomic E-state index is 13.1. The first kappa shape index (κ1) is 20.3. The van der Waals surface area contributed by atoms with E-state index in [9.17, 15) is 13.2 Å². The number of likely N-dealkylation sites (tertiary alicyclic amines) is 1. The van der Waals surface area contributed by atoms with Crippen molar-refractivity contribution < 1.29 is 13.2 Å². The van der Waals surface area contributed by atoms with Gasteiger partial charge in [-0.25, -0.2) is 13.1 Å². The van der Waals surface area contributed by atoms with E-state index in [4.69, 9.17) is 0 Å². The largest absolute Gasteiger partial charge is 0.341 e. The number of benzene rings is 1. The van der Waals surface area contributed by atoms with Gasteiger partial charge < -0.3 is 4.90 Å². The number of hydrogen-bond acceptors (Lipinski definition) is 5. The molecular weight excluding hydrogens is 364 g/mol. The second-order valence-corrected chi connectivity index (χ2v) is 9.49. The number of carbonyl (C=O) groups is 1. The Morgan fingerprint density at radius 3 is 2.30 bits per heavy atom. The number of hydrazine groups is 1. The van der Waals surface area contributed by atoms with Gasteiger partial charge in [-0.15, -0.1) is 0 Å². The zero-order valence-electron chi connectivity index (χ0n) is 16.0. The molecular formula is C19H30N4O3S. The maximum atomic E-state index is 13.1. The van der Waals surface area contributed by atoms with Crippen LogP contribution in [0.4, 0.5) is 0 Å². The van der Waals surface area contributed by atoms with Crippen LogP contribution in [-0.2, 0) is 21.2 Å². The molecule has 0 bridgehead atoms. The predicted molar refractivity (Wildman–Crippen MR) is 105 cm³/mol. The zero-order valence-corrected chi connectivity index (χ0v) is 16.8. The van der Waals surface area contributed by atoms with E-state index in [0.29, 0.717) is 19.5 Å². The average molecular weight is 395 g/mol. The molecule has 3 rings (SSSR count). The van der Waals surface area contributed by atoms with Crippen molar-refractivity contribution in [3.63, 3.8) is 0 Å². The van der Waals surface area contributed by atoms with Crippen molar-refractivity contribution in [3.05, 3.63) is 35.9 Å². The molecule has 3 atom stereocenters. The summed E-state index contributed by atoms with van der Waals surface area (Å²) in [4.78, 5) is 14.9. The van der Waals surface area contributed by atoms with Crippen LogP contribution in [0.15, 0.2) is 30.3 Å². The first-order valence-corrected chi connectivity index (χ1v) is 11.3. The highest BCUT2D eigenvalue weighted by Crippen LogP contribution is 2.18. The number of nitrogens with zero attached hydrogens (tertiary/aromatic N) is 1. The van der Waals surface area contributed by atoms with E-state index in [1.807, 2.05) is 44.2 Å². The Labute approximate surface area is 161 Å². The van der Waals surface area contributed by atoms with Gasteiger partial charge in [-0.05, 0) is 45.1 Å². The molecule has 7 nitrogen and oxygen atoms in total. The molecule has 2 saturated heterocycles. The van der Waals surface area contributed by atoms with E-state index in [2.05, 4.69) is 15.6 Å². The van der Waals surface area contributed by atoms with Gasteiger partial charge in [0.25, 0.3) is 0 Å². The lowest BCUT2D eigenvalue weighted by Gasteiger charge is -2.31. The van der Waals surface area contributed by atoms with Gasteiger partial charge in [0, 0.05) is 25.2 Å². The molecule has 8 heteroatoms. The van der Waals surface area contributed by atoms with Crippen LogP contribution < -0.4 is 15.6 Å². The Morgan fingerprint density at radius 2 is 1.70 bits per heavy atom. The lowest BCUT2D eigenvalue weighted by molar-refractivity contribution is -0.133. The molecule has 0 saturated carbocycles. The SMILES string of the molecule is CC1NNC(C)C1S(=O)(=O)N[C@@H](Cc1ccccc1)C(=O)N1CCCCC1. The number of carbonyl (C=O) groups excluding carboxylic acids is 1. The van der Waals surface area contributed by atoms with Crippen molar-refractivity contribution in [1.29, 1.82) is 0 Å². The third kappa shape index (κ3) is 4.87. The Hall–Kier alpha value is -1.48. The number of rotatable bonds is 6. The highest BCUT2D eigenvalue weighted by Gasteiger charge is 2.42. The Morgan fingerprint density at radius 1 is 1.11 bits per heavy atom.